The van der Waals surface area contributed by atoms with Gasteiger partial charge in [-0.15, -0.1) is 0 Å². The summed E-state index contributed by atoms with van der Waals surface area (Å²) in [6, 6.07) is 8.28. The Bertz CT molecular complexity index is 1430. The zero-order valence-corrected chi connectivity index (χ0v) is 39.4. The van der Waals surface area contributed by atoms with E-state index in [2.05, 4.69) is 13.5 Å². The number of aliphatic hydroxyl groups excluding tert-OH is 2. The molecule has 2 aliphatic heterocycles. The Morgan fingerprint density at radius 3 is 2.37 bits per heavy atom. The Balaban J connectivity index is 0.00000325. The minimum absolute atomic E-state index is 0. The summed E-state index contributed by atoms with van der Waals surface area (Å²) in [5.74, 6) is -1.19. The van der Waals surface area contributed by atoms with Crippen LogP contribution in [0.25, 0.3) is 0 Å². The molecule has 2 heterocycles. The normalized spacial score (nSPS) is 34.7. The second-order valence-electron chi connectivity index (χ2n) is 15.6. The van der Waals surface area contributed by atoms with E-state index in [-0.39, 0.29) is 124 Å². The molecule has 1 amide bonds. The second kappa shape index (κ2) is 16.4. The average molecular weight is 1110 g/mol. The molecule has 0 bridgehead atoms. The van der Waals surface area contributed by atoms with Crippen molar-refractivity contribution in [2.45, 2.75) is 116 Å². The van der Waals surface area contributed by atoms with E-state index < -0.39 is 59.1 Å². The molecule has 0 aromatic heterocycles. The molecule has 5 unspecified atom stereocenters. The molecule has 5 rings (SSSR count). The number of cyclic esters (lactones) is 1. The molecule has 4 fully saturated rings. The predicted molar refractivity (Wildman–Crippen MR) is 174 cm³/mol. The summed E-state index contributed by atoms with van der Waals surface area (Å²) >= 11 is 0. The van der Waals surface area contributed by atoms with Gasteiger partial charge in [0.1, 0.15) is 24.0 Å². The topological polar surface area (TPSA) is 132 Å². The zero-order chi connectivity index (χ0) is 34.5. The number of rotatable bonds is 6. The van der Waals surface area contributed by atoms with E-state index in [1.54, 1.807) is 40.7 Å². The molecule has 1 aromatic carbocycles. The summed E-state index contributed by atoms with van der Waals surface area (Å²) in [5.41, 5.74) is -0.843. The van der Waals surface area contributed by atoms with Gasteiger partial charge in [-0.05, 0) is 89.5 Å². The fraction of sp³-hybridized carbons (Fsp3) is 0.649. The van der Waals surface area contributed by atoms with Crippen LogP contribution in [0.3, 0.4) is 0 Å². The van der Waals surface area contributed by atoms with Crippen molar-refractivity contribution < 1.29 is 132 Å². The summed E-state index contributed by atoms with van der Waals surface area (Å²) in [6.07, 6.45) is 1.87. The summed E-state index contributed by atoms with van der Waals surface area (Å²) in [7, 11) is 0. The summed E-state index contributed by atoms with van der Waals surface area (Å²) < 4.78 is 23.3. The third-order valence-electron chi connectivity index (χ3n) is 11.0. The maximum absolute atomic E-state index is 13.9. The molecule has 8 atom stereocenters. The van der Waals surface area contributed by atoms with Gasteiger partial charge in [0.15, 0.2) is 12.2 Å². The number of benzene rings is 1. The zero-order valence-electron chi connectivity index (χ0n) is 29.9. The number of carbonyl (C=O) groups excluding carboxylic acids is 3. The van der Waals surface area contributed by atoms with Gasteiger partial charge in [0.25, 0.3) is 0 Å². The van der Waals surface area contributed by atoms with Crippen LogP contribution >= 0.6 is 0 Å². The van der Waals surface area contributed by atoms with Crippen LogP contribution in [-0.2, 0) is 28.5 Å². The van der Waals surface area contributed by atoms with Gasteiger partial charge in [0.2, 0.25) is 0 Å². The van der Waals surface area contributed by atoms with Crippen molar-refractivity contribution in [3.05, 3.63) is 59.7 Å². The van der Waals surface area contributed by atoms with Gasteiger partial charge in [-0.25, -0.2) is 14.4 Å². The van der Waals surface area contributed by atoms with Crippen LogP contribution in [0, 0.1) is 111 Å². The van der Waals surface area contributed by atoms with Crippen LogP contribution in [0.15, 0.2) is 54.1 Å². The van der Waals surface area contributed by atoms with Gasteiger partial charge >= 0.3 is 18.0 Å². The Hall–Kier alpha value is -0.327. The third-order valence-corrected chi connectivity index (χ3v) is 11.0. The van der Waals surface area contributed by atoms with E-state index in [0.29, 0.717) is 18.4 Å². The SMILES string of the molecule is C=C1CCC2[C@](C)(CO)C(O)CC[C@]2(C)[C@H]1C/C=C1/C(=O)OCC1OC(=O)C1OC(C)(C)N(C(=O)OC(C)(C)C)C1c1ccccc1.[Ac].[Ac]. The molecule has 1 aromatic rings. The maximum atomic E-state index is 13.9. The molecule has 2 aliphatic carbocycles. The van der Waals surface area contributed by atoms with Crippen LogP contribution < -0.4 is 0 Å². The van der Waals surface area contributed by atoms with Crippen molar-refractivity contribution in [3.8, 4) is 0 Å². The number of fused-ring (bicyclic) bond motifs is 1. The summed E-state index contributed by atoms with van der Waals surface area (Å²) in [4.78, 5) is 41.8. The summed E-state index contributed by atoms with van der Waals surface area (Å²) in [6.45, 7) is 17.0. The first-order chi connectivity index (χ1) is 21.9. The first-order valence-corrected chi connectivity index (χ1v) is 16.7. The van der Waals surface area contributed by atoms with Crippen molar-refractivity contribution in [2.24, 2.45) is 22.7 Å². The summed E-state index contributed by atoms with van der Waals surface area (Å²) in [5, 5.41) is 21.2. The van der Waals surface area contributed by atoms with Crippen molar-refractivity contribution in [1.29, 1.82) is 0 Å². The quantitative estimate of drug-likeness (QED) is 0.161. The Morgan fingerprint density at radius 2 is 1.76 bits per heavy atom. The molecule has 264 valence electrons. The Kier molecular flexibility index (Phi) is 14.4. The Morgan fingerprint density at radius 1 is 1.10 bits per heavy atom. The van der Waals surface area contributed by atoms with Crippen LogP contribution in [0.5, 0.6) is 0 Å². The molecular weight excluding hydrogens is 1060 g/mol. The molecule has 10 nitrogen and oxygen atoms in total. The number of aliphatic hydroxyl groups is 2. The van der Waals surface area contributed by atoms with E-state index in [1.807, 2.05) is 37.3 Å². The molecule has 4 aliphatic rings. The third kappa shape index (κ3) is 8.58. The van der Waals surface area contributed by atoms with Gasteiger partial charge in [0.05, 0.1) is 18.3 Å². The molecule has 2 N–H and O–H groups in total. The van der Waals surface area contributed by atoms with E-state index in [0.717, 1.165) is 24.8 Å². The average Bonchev–Trinajstić information content (AvgIpc) is 3.49. The minimum atomic E-state index is -1.21. The van der Waals surface area contributed by atoms with E-state index in [9.17, 15) is 24.6 Å². The number of hydrogen-bond donors (Lipinski definition) is 2. The van der Waals surface area contributed by atoms with Crippen molar-refractivity contribution in [3.63, 3.8) is 0 Å². The number of ether oxygens (including phenoxy) is 4. The number of nitrogens with zero attached hydrogens (tertiary/aromatic N) is 1. The fourth-order valence-electron chi connectivity index (χ4n) is 8.55. The molecule has 2 saturated carbocycles. The first kappa shape index (κ1) is 43.1. The predicted octanol–water partition coefficient (Wildman–Crippen LogP) is 5.63. The smallest absolute Gasteiger partial charge is 0.413 e. The van der Waals surface area contributed by atoms with E-state index in [1.165, 1.54) is 4.90 Å². The van der Waals surface area contributed by atoms with Gasteiger partial charge in [-0.2, -0.15) is 0 Å². The second-order valence-corrected chi connectivity index (χ2v) is 15.6. The Labute approximate surface area is 362 Å². The van der Waals surface area contributed by atoms with Crippen LogP contribution in [0.1, 0.15) is 92.2 Å². The monoisotopic (exact) mass is 1110 g/mol. The van der Waals surface area contributed by atoms with Crippen molar-refractivity contribution in [2.75, 3.05) is 13.2 Å². The standard InChI is InChI=1S/C37H51NO9.2Ac/c1-22-14-17-27-36(7,19-18-28(40)37(27,8)21-39)25(22)16-15-24-26(20-44-31(24)41)45-32(42)30-29(23-12-10-9-11-13-23)38(35(5,6)46-30)33(43)47-34(2,3)4;;/h9-13,15,25-30,39-40H,1,14,16-21H2,2-8H3;;/b24-15+;;/t25-,26?,27?,28?,29?,30?,36+,37-;;/m0../s1. The largest absolute Gasteiger partial charge is 0.458 e. The first-order valence-electron chi connectivity index (χ1n) is 16.7. The van der Waals surface area contributed by atoms with E-state index >= 15 is 0 Å². The minimum Gasteiger partial charge on any atom is -0.458 e. The van der Waals surface area contributed by atoms with Gasteiger partial charge in [0, 0.05) is 93.5 Å². The molecular formula is C37H51Ac2NO9. The molecule has 49 heavy (non-hydrogen) atoms. The molecule has 2 radical (unpaired) electrons. The number of hydrogen-bond acceptors (Lipinski definition) is 9. The van der Waals surface area contributed by atoms with Crippen molar-refractivity contribution >= 4 is 18.0 Å². The van der Waals surface area contributed by atoms with Crippen LogP contribution in [-0.4, -0.2) is 76.0 Å². The van der Waals surface area contributed by atoms with E-state index in [4.69, 9.17) is 18.9 Å². The van der Waals surface area contributed by atoms with Gasteiger partial charge in [-0.1, -0.05) is 62.4 Å². The number of carbonyl (C=O) groups is 3. The fourth-order valence-corrected chi connectivity index (χ4v) is 8.55. The molecule has 12 heteroatoms. The number of esters is 2. The van der Waals surface area contributed by atoms with Crippen molar-refractivity contribution in [1.82, 2.24) is 4.90 Å². The van der Waals surface area contributed by atoms with Crippen LogP contribution in [0.4, 0.5) is 4.79 Å². The number of allylic oxidation sites excluding steroid dienone is 2. The van der Waals surface area contributed by atoms with Gasteiger partial charge in [-0.3, -0.25) is 4.90 Å². The number of amides is 1. The van der Waals surface area contributed by atoms with Gasteiger partial charge < -0.3 is 29.2 Å². The molecule has 2 saturated heterocycles. The van der Waals surface area contributed by atoms with Crippen LogP contribution in [0.2, 0.25) is 0 Å². The maximum Gasteiger partial charge on any atom is 0.413 e. The molecule has 0 spiro atoms.